The highest BCUT2D eigenvalue weighted by atomic mass is 32.1. The number of hydrogen-bond acceptors (Lipinski definition) is 4. The van der Waals surface area contributed by atoms with Crippen molar-refractivity contribution in [1.29, 1.82) is 0 Å². The Labute approximate surface area is 109 Å². The van der Waals surface area contributed by atoms with E-state index in [4.69, 9.17) is 5.73 Å². The Morgan fingerprint density at radius 3 is 2.61 bits per heavy atom. The molecule has 92 valence electrons. The molecule has 3 rings (SSSR count). The Hall–Kier alpha value is -1.72. The van der Waals surface area contributed by atoms with Crippen molar-refractivity contribution in [3.8, 4) is 11.3 Å². The molecule has 2 heterocycles. The zero-order valence-electron chi connectivity index (χ0n) is 10.3. The fraction of sp³-hybridized carbons (Fsp3) is 0.231. The van der Waals surface area contributed by atoms with Crippen LogP contribution in [-0.2, 0) is 0 Å². The van der Waals surface area contributed by atoms with Crippen molar-refractivity contribution in [3.05, 3.63) is 41.0 Å². The molecule has 0 aliphatic rings. The molecule has 0 saturated heterocycles. The molecule has 0 radical (unpaired) electrons. The molecule has 4 nitrogen and oxygen atoms in total. The SMILES string of the molecule is Cc1ccc(-c2csc3nnc(C(C)N)n23)cc1. The molecular formula is C13H14N4S. The number of nitrogens with zero attached hydrogens (tertiary/aromatic N) is 3. The van der Waals surface area contributed by atoms with Gasteiger partial charge in [-0.25, -0.2) is 0 Å². The molecule has 0 fully saturated rings. The van der Waals surface area contributed by atoms with Gasteiger partial charge in [-0.2, -0.15) is 0 Å². The fourth-order valence-electron chi connectivity index (χ4n) is 1.96. The van der Waals surface area contributed by atoms with Gasteiger partial charge in [-0.1, -0.05) is 29.8 Å². The zero-order valence-corrected chi connectivity index (χ0v) is 11.1. The number of benzene rings is 1. The van der Waals surface area contributed by atoms with Gasteiger partial charge in [-0.15, -0.1) is 21.5 Å². The lowest BCUT2D eigenvalue weighted by Crippen LogP contribution is -2.10. The second-order valence-electron chi connectivity index (χ2n) is 4.45. The summed E-state index contributed by atoms with van der Waals surface area (Å²) in [7, 11) is 0. The van der Waals surface area contributed by atoms with Gasteiger partial charge in [-0.3, -0.25) is 4.40 Å². The van der Waals surface area contributed by atoms with Crippen molar-refractivity contribution in [2.45, 2.75) is 19.9 Å². The number of fused-ring (bicyclic) bond motifs is 1. The van der Waals surface area contributed by atoms with E-state index < -0.39 is 0 Å². The third-order valence-corrected chi connectivity index (χ3v) is 3.75. The summed E-state index contributed by atoms with van der Waals surface area (Å²) in [6, 6.07) is 8.31. The van der Waals surface area contributed by atoms with Crippen LogP contribution in [0.1, 0.15) is 24.4 Å². The van der Waals surface area contributed by atoms with Crippen LogP contribution in [0.4, 0.5) is 0 Å². The molecule has 0 aliphatic heterocycles. The van der Waals surface area contributed by atoms with E-state index in [9.17, 15) is 0 Å². The fourth-order valence-corrected chi connectivity index (χ4v) is 2.81. The van der Waals surface area contributed by atoms with Crippen LogP contribution in [0.25, 0.3) is 16.2 Å². The van der Waals surface area contributed by atoms with Gasteiger partial charge in [0.15, 0.2) is 5.82 Å². The zero-order chi connectivity index (χ0) is 12.7. The quantitative estimate of drug-likeness (QED) is 0.769. The van der Waals surface area contributed by atoms with Crippen molar-refractivity contribution in [2.75, 3.05) is 0 Å². The van der Waals surface area contributed by atoms with Gasteiger partial charge in [0.25, 0.3) is 0 Å². The van der Waals surface area contributed by atoms with Crippen LogP contribution in [0.15, 0.2) is 29.6 Å². The third-order valence-electron chi connectivity index (χ3n) is 2.93. The number of hydrogen-bond donors (Lipinski definition) is 1. The minimum Gasteiger partial charge on any atom is -0.322 e. The van der Waals surface area contributed by atoms with Crippen molar-refractivity contribution in [1.82, 2.24) is 14.6 Å². The molecule has 0 bridgehead atoms. The van der Waals surface area contributed by atoms with Crippen LogP contribution >= 0.6 is 11.3 Å². The van der Waals surface area contributed by atoms with E-state index in [0.29, 0.717) is 0 Å². The second kappa shape index (κ2) is 4.19. The minimum absolute atomic E-state index is 0.126. The van der Waals surface area contributed by atoms with Crippen molar-refractivity contribution >= 4 is 16.3 Å². The summed E-state index contributed by atoms with van der Waals surface area (Å²) in [5, 5.41) is 10.4. The predicted octanol–water partition coefficient (Wildman–Crippen LogP) is 2.79. The first-order valence-electron chi connectivity index (χ1n) is 5.82. The van der Waals surface area contributed by atoms with E-state index in [2.05, 4.69) is 46.8 Å². The Kier molecular flexibility index (Phi) is 2.65. The summed E-state index contributed by atoms with van der Waals surface area (Å²) in [5.41, 5.74) is 9.45. The molecule has 3 aromatic rings. The van der Waals surface area contributed by atoms with E-state index in [-0.39, 0.29) is 6.04 Å². The molecule has 0 amide bonds. The average molecular weight is 258 g/mol. The average Bonchev–Trinajstić information content (AvgIpc) is 2.90. The molecule has 1 aromatic carbocycles. The van der Waals surface area contributed by atoms with Crippen LogP contribution in [0, 0.1) is 6.92 Å². The molecule has 2 N–H and O–H groups in total. The van der Waals surface area contributed by atoms with Crippen molar-refractivity contribution in [3.63, 3.8) is 0 Å². The summed E-state index contributed by atoms with van der Waals surface area (Å²) in [4.78, 5) is 0.887. The lowest BCUT2D eigenvalue weighted by atomic mass is 10.1. The van der Waals surface area contributed by atoms with E-state index in [1.54, 1.807) is 11.3 Å². The Bertz CT molecular complexity index is 679. The molecule has 1 unspecified atom stereocenters. The van der Waals surface area contributed by atoms with Gasteiger partial charge < -0.3 is 5.73 Å². The maximum absolute atomic E-state index is 5.94. The first kappa shape index (κ1) is 11.4. The van der Waals surface area contributed by atoms with Gasteiger partial charge in [0.1, 0.15) is 0 Å². The first-order chi connectivity index (χ1) is 8.66. The van der Waals surface area contributed by atoms with E-state index in [0.717, 1.165) is 22.0 Å². The number of rotatable bonds is 2. The molecule has 18 heavy (non-hydrogen) atoms. The second-order valence-corrected chi connectivity index (χ2v) is 5.29. The van der Waals surface area contributed by atoms with Crippen molar-refractivity contribution < 1.29 is 0 Å². The standard InChI is InChI=1S/C13H14N4S/c1-8-3-5-10(6-4-8)11-7-18-13-16-15-12(9(2)14)17(11)13/h3-7,9H,14H2,1-2H3. The number of aromatic nitrogens is 3. The number of thiazole rings is 1. The van der Waals surface area contributed by atoms with Gasteiger partial charge in [0, 0.05) is 5.38 Å². The molecule has 0 spiro atoms. The highest BCUT2D eigenvalue weighted by Crippen LogP contribution is 2.27. The summed E-state index contributed by atoms with van der Waals surface area (Å²) in [6.45, 7) is 4.01. The van der Waals surface area contributed by atoms with Gasteiger partial charge in [-0.05, 0) is 19.4 Å². The van der Waals surface area contributed by atoms with Gasteiger partial charge in [0.05, 0.1) is 11.7 Å². The smallest absolute Gasteiger partial charge is 0.216 e. The van der Waals surface area contributed by atoms with E-state index in [1.807, 2.05) is 11.3 Å². The maximum Gasteiger partial charge on any atom is 0.216 e. The summed E-state index contributed by atoms with van der Waals surface area (Å²) < 4.78 is 2.04. The lowest BCUT2D eigenvalue weighted by Gasteiger charge is -2.05. The molecule has 0 aliphatic carbocycles. The van der Waals surface area contributed by atoms with Gasteiger partial charge in [0.2, 0.25) is 4.96 Å². The van der Waals surface area contributed by atoms with Crippen LogP contribution < -0.4 is 5.73 Å². The minimum atomic E-state index is -0.126. The molecule has 0 saturated carbocycles. The predicted molar refractivity (Wildman–Crippen MR) is 73.6 cm³/mol. The highest BCUT2D eigenvalue weighted by molar-refractivity contribution is 7.15. The third kappa shape index (κ3) is 1.72. The molecule has 5 heteroatoms. The lowest BCUT2D eigenvalue weighted by molar-refractivity contribution is 0.729. The van der Waals surface area contributed by atoms with E-state index >= 15 is 0 Å². The topological polar surface area (TPSA) is 56.2 Å². The molecular weight excluding hydrogens is 244 g/mol. The highest BCUT2D eigenvalue weighted by Gasteiger charge is 2.15. The van der Waals surface area contributed by atoms with Crippen molar-refractivity contribution in [2.24, 2.45) is 5.73 Å². The summed E-state index contributed by atoms with van der Waals surface area (Å²) >= 11 is 1.59. The normalized spacial score (nSPS) is 13.1. The molecule has 1 atom stereocenters. The van der Waals surface area contributed by atoms with Crippen LogP contribution in [0.3, 0.4) is 0 Å². The van der Waals surface area contributed by atoms with Crippen LogP contribution in [0.5, 0.6) is 0 Å². The largest absolute Gasteiger partial charge is 0.322 e. The maximum atomic E-state index is 5.94. The Morgan fingerprint density at radius 1 is 1.22 bits per heavy atom. The van der Waals surface area contributed by atoms with Crippen LogP contribution in [-0.4, -0.2) is 14.6 Å². The monoisotopic (exact) mass is 258 g/mol. The Balaban J connectivity index is 2.22. The van der Waals surface area contributed by atoms with E-state index in [1.165, 1.54) is 5.56 Å². The first-order valence-corrected chi connectivity index (χ1v) is 6.70. The number of aryl methyl sites for hydroxylation is 1. The van der Waals surface area contributed by atoms with Crippen LogP contribution in [0.2, 0.25) is 0 Å². The summed E-state index contributed by atoms with van der Waals surface area (Å²) in [5.74, 6) is 0.807. The number of nitrogens with two attached hydrogens (primary N) is 1. The van der Waals surface area contributed by atoms with Gasteiger partial charge >= 0.3 is 0 Å². The summed E-state index contributed by atoms with van der Waals surface area (Å²) in [6.07, 6.45) is 0. The molecule has 2 aromatic heterocycles. The Morgan fingerprint density at radius 2 is 1.94 bits per heavy atom.